The van der Waals surface area contributed by atoms with Crippen LogP contribution in [0.2, 0.25) is 0 Å². The fraction of sp³-hybridized carbons (Fsp3) is 0.714. The smallest absolute Gasteiger partial charge is 0.222 e. The van der Waals surface area contributed by atoms with E-state index in [1.165, 1.54) is 0 Å². The van der Waals surface area contributed by atoms with Crippen LogP contribution in [0.4, 0.5) is 0 Å². The Morgan fingerprint density at radius 2 is 2.45 bits per heavy atom. The molecule has 1 aromatic heterocycles. The lowest BCUT2D eigenvalue weighted by Crippen LogP contribution is -2.36. The average molecular weight is 279 g/mol. The molecule has 0 saturated carbocycles. The molecular formula is C14H21N3O3. The number of aryl methyl sites for hydroxylation is 1. The van der Waals surface area contributed by atoms with Crippen molar-refractivity contribution in [1.82, 2.24) is 14.7 Å². The van der Waals surface area contributed by atoms with Crippen molar-refractivity contribution >= 4 is 5.91 Å². The van der Waals surface area contributed by atoms with Crippen LogP contribution < -0.4 is 0 Å². The van der Waals surface area contributed by atoms with Gasteiger partial charge in [-0.15, -0.1) is 0 Å². The number of rotatable bonds is 5. The van der Waals surface area contributed by atoms with E-state index in [9.17, 15) is 9.90 Å². The third-order valence-corrected chi connectivity index (χ3v) is 4.53. The molecule has 0 radical (unpaired) electrons. The van der Waals surface area contributed by atoms with Crippen LogP contribution in [0.15, 0.2) is 18.5 Å². The van der Waals surface area contributed by atoms with Crippen LogP contribution in [0, 0.1) is 11.3 Å². The fourth-order valence-corrected chi connectivity index (χ4v) is 3.23. The molecule has 110 valence electrons. The number of hydrogen-bond donors (Lipinski definition) is 1. The van der Waals surface area contributed by atoms with Gasteiger partial charge in [-0.3, -0.25) is 9.48 Å². The number of amides is 1. The summed E-state index contributed by atoms with van der Waals surface area (Å²) in [5.74, 6) is 0.474. The second kappa shape index (κ2) is 5.54. The largest absolute Gasteiger partial charge is 0.396 e. The predicted octanol–water partition coefficient (Wildman–Crippen LogP) is 0.131. The highest BCUT2D eigenvalue weighted by Crippen LogP contribution is 2.40. The van der Waals surface area contributed by atoms with Gasteiger partial charge in [-0.2, -0.15) is 5.10 Å². The summed E-state index contributed by atoms with van der Waals surface area (Å²) in [5.41, 5.74) is -0.211. The van der Waals surface area contributed by atoms with Crippen LogP contribution in [-0.2, 0) is 16.1 Å². The number of likely N-dealkylation sites (tertiary alicyclic amines) is 1. The number of hydrogen-bond acceptors (Lipinski definition) is 4. The molecule has 0 aliphatic carbocycles. The Morgan fingerprint density at radius 1 is 1.55 bits per heavy atom. The molecule has 0 unspecified atom stereocenters. The van der Waals surface area contributed by atoms with Crippen molar-refractivity contribution in [2.24, 2.45) is 11.3 Å². The van der Waals surface area contributed by atoms with E-state index < -0.39 is 0 Å². The van der Waals surface area contributed by atoms with E-state index in [-0.39, 0.29) is 17.9 Å². The summed E-state index contributed by atoms with van der Waals surface area (Å²) in [7, 11) is 0. The van der Waals surface area contributed by atoms with Crippen molar-refractivity contribution in [3.05, 3.63) is 18.5 Å². The number of carbonyl (C=O) groups excluding carboxylic acids is 1. The molecular weight excluding hydrogens is 258 g/mol. The minimum absolute atomic E-state index is 0.106. The highest BCUT2D eigenvalue weighted by molar-refractivity contribution is 5.76. The Labute approximate surface area is 118 Å². The molecule has 0 bridgehead atoms. The lowest BCUT2D eigenvalue weighted by Gasteiger charge is -2.24. The molecule has 2 aliphatic rings. The molecule has 20 heavy (non-hydrogen) atoms. The summed E-state index contributed by atoms with van der Waals surface area (Å²) in [5, 5.41) is 13.7. The van der Waals surface area contributed by atoms with Crippen LogP contribution in [0.1, 0.15) is 12.8 Å². The van der Waals surface area contributed by atoms with Crippen LogP contribution in [0.3, 0.4) is 0 Å². The van der Waals surface area contributed by atoms with Gasteiger partial charge >= 0.3 is 0 Å². The molecule has 2 fully saturated rings. The molecule has 3 heterocycles. The lowest BCUT2D eigenvalue weighted by atomic mass is 9.82. The van der Waals surface area contributed by atoms with Gasteiger partial charge in [-0.05, 0) is 12.5 Å². The molecule has 2 aliphatic heterocycles. The molecule has 2 atom stereocenters. The Morgan fingerprint density at radius 3 is 3.15 bits per heavy atom. The van der Waals surface area contributed by atoms with Gasteiger partial charge in [0.2, 0.25) is 5.91 Å². The number of ether oxygens (including phenoxy) is 1. The first-order valence-corrected chi connectivity index (χ1v) is 7.17. The van der Waals surface area contributed by atoms with Gasteiger partial charge in [-0.25, -0.2) is 0 Å². The zero-order valence-corrected chi connectivity index (χ0v) is 11.6. The summed E-state index contributed by atoms with van der Waals surface area (Å²) in [6.07, 6.45) is 4.98. The Bertz CT molecular complexity index is 462. The summed E-state index contributed by atoms with van der Waals surface area (Å²) < 4.78 is 7.30. The van der Waals surface area contributed by atoms with Crippen molar-refractivity contribution in [3.63, 3.8) is 0 Å². The minimum atomic E-state index is -0.211. The van der Waals surface area contributed by atoms with Gasteiger partial charge < -0.3 is 14.7 Å². The van der Waals surface area contributed by atoms with Crippen molar-refractivity contribution in [1.29, 1.82) is 0 Å². The van der Waals surface area contributed by atoms with E-state index in [0.717, 1.165) is 19.5 Å². The SMILES string of the molecule is O=C(CCCn1cccn1)N1C[C@H]2COC[C@@]2(CO)C1. The maximum absolute atomic E-state index is 12.2. The molecule has 1 N–H and O–H groups in total. The average Bonchev–Trinajstić information content (AvgIpc) is 3.13. The first-order valence-electron chi connectivity index (χ1n) is 7.17. The first-order chi connectivity index (χ1) is 9.73. The monoisotopic (exact) mass is 279 g/mol. The van der Waals surface area contributed by atoms with Gasteiger partial charge in [0.05, 0.1) is 19.8 Å². The number of aliphatic hydroxyl groups is 1. The summed E-state index contributed by atoms with van der Waals surface area (Å²) in [6, 6.07) is 1.88. The van der Waals surface area contributed by atoms with Crippen LogP contribution in [0.5, 0.6) is 0 Å². The van der Waals surface area contributed by atoms with E-state index in [1.54, 1.807) is 6.20 Å². The van der Waals surface area contributed by atoms with Crippen molar-refractivity contribution < 1.29 is 14.6 Å². The Kier molecular flexibility index (Phi) is 3.76. The fourth-order valence-electron chi connectivity index (χ4n) is 3.23. The van der Waals surface area contributed by atoms with E-state index in [0.29, 0.717) is 32.1 Å². The minimum Gasteiger partial charge on any atom is -0.396 e. The molecule has 1 amide bonds. The summed E-state index contributed by atoms with van der Waals surface area (Å²) >= 11 is 0. The van der Waals surface area contributed by atoms with Crippen molar-refractivity contribution in [2.45, 2.75) is 19.4 Å². The zero-order chi connectivity index (χ0) is 14.0. The Hall–Kier alpha value is -1.40. The van der Waals surface area contributed by atoms with Gasteiger partial charge in [0.1, 0.15) is 0 Å². The van der Waals surface area contributed by atoms with E-state index in [4.69, 9.17) is 4.74 Å². The van der Waals surface area contributed by atoms with E-state index >= 15 is 0 Å². The molecule has 0 aromatic carbocycles. The third kappa shape index (κ3) is 2.45. The normalized spacial score (nSPS) is 28.9. The van der Waals surface area contributed by atoms with E-state index in [2.05, 4.69) is 5.10 Å². The predicted molar refractivity (Wildman–Crippen MR) is 71.9 cm³/mol. The number of aromatic nitrogens is 2. The molecule has 6 heteroatoms. The second-order valence-electron chi connectivity index (χ2n) is 5.88. The van der Waals surface area contributed by atoms with Gasteiger partial charge in [0.15, 0.2) is 0 Å². The number of nitrogens with zero attached hydrogens (tertiary/aromatic N) is 3. The molecule has 3 rings (SSSR count). The summed E-state index contributed by atoms with van der Waals surface area (Å²) in [4.78, 5) is 14.1. The zero-order valence-electron chi connectivity index (χ0n) is 11.6. The highest BCUT2D eigenvalue weighted by Gasteiger charge is 2.51. The highest BCUT2D eigenvalue weighted by atomic mass is 16.5. The van der Waals surface area contributed by atoms with Crippen molar-refractivity contribution in [2.75, 3.05) is 32.9 Å². The topological polar surface area (TPSA) is 67.6 Å². The lowest BCUT2D eigenvalue weighted by molar-refractivity contribution is -0.131. The standard InChI is InChI=1S/C14H21N3O3/c18-10-14-9-16(7-12(14)8-20-11-14)13(19)3-1-5-17-6-2-4-15-17/h2,4,6,12,18H,1,3,5,7-11H2/t12-,14-/m0/s1. The second-order valence-corrected chi connectivity index (χ2v) is 5.88. The van der Waals surface area contributed by atoms with Gasteiger partial charge in [0, 0.05) is 49.8 Å². The number of carbonyl (C=O) groups is 1. The quantitative estimate of drug-likeness (QED) is 0.832. The van der Waals surface area contributed by atoms with Gasteiger partial charge in [0.25, 0.3) is 0 Å². The maximum Gasteiger partial charge on any atom is 0.222 e. The maximum atomic E-state index is 12.2. The third-order valence-electron chi connectivity index (χ3n) is 4.53. The van der Waals surface area contributed by atoms with Crippen LogP contribution in [-0.4, -0.2) is 58.6 Å². The molecule has 2 saturated heterocycles. The molecule has 6 nitrogen and oxygen atoms in total. The Balaban J connectivity index is 1.49. The van der Waals surface area contributed by atoms with Crippen molar-refractivity contribution in [3.8, 4) is 0 Å². The van der Waals surface area contributed by atoms with Gasteiger partial charge in [-0.1, -0.05) is 0 Å². The van der Waals surface area contributed by atoms with Crippen LogP contribution >= 0.6 is 0 Å². The molecule has 0 spiro atoms. The summed E-state index contributed by atoms with van der Waals surface area (Å²) in [6.45, 7) is 3.47. The first kappa shape index (κ1) is 13.6. The number of aliphatic hydroxyl groups excluding tert-OH is 1. The molecule has 1 aromatic rings. The van der Waals surface area contributed by atoms with Crippen LogP contribution in [0.25, 0.3) is 0 Å². The van der Waals surface area contributed by atoms with E-state index in [1.807, 2.05) is 21.8 Å². The number of fused-ring (bicyclic) bond motifs is 1.